The van der Waals surface area contributed by atoms with Crippen LogP contribution in [0.1, 0.15) is 157 Å². The first-order valence-corrected chi connectivity index (χ1v) is 39.6. The Kier molecular flexibility index (Phi) is 20.9. The first-order chi connectivity index (χ1) is 42.6. The van der Waals surface area contributed by atoms with E-state index in [0.717, 1.165) is 0 Å². The monoisotopic (exact) mass is 1310 g/mol. The summed E-state index contributed by atoms with van der Waals surface area (Å²) in [5, 5.41) is 41.1. The highest BCUT2D eigenvalue weighted by atomic mass is 28.5. The molecule has 4 aliphatic rings. The van der Waals surface area contributed by atoms with E-state index in [-0.39, 0.29) is 100 Å². The van der Waals surface area contributed by atoms with Gasteiger partial charge in [-0.25, -0.2) is 29.9 Å². The Bertz CT molecular complexity index is 3420. The van der Waals surface area contributed by atoms with Crippen LogP contribution in [0.2, 0.25) is 44.3 Å². The number of imidazole rings is 2. The van der Waals surface area contributed by atoms with Gasteiger partial charge in [0.2, 0.25) is 0 Å². The van der Waals surface area contributed by atoms with Crippen molar-refractivity contribution in [3.63, 3.8) is 0 Å². The number of ether oxygens (including phenoxy) is 2. The summed E-state index contributed by atoms with van der Waals surface area (Å²) >= 11 is 0. The maximum atomic E-state index is 12.9. The van der Waals surface area contributed by atoms with Crippen molar-refractivity contribution >= 4 is 80.0 Å². The van der Waals surface area contributed by atoms with Crippen LogP contribution in [-0.2, 0) is 35.4 Å². The number of rotatable bonds is 18. The van der Waals surface area contributed by atoms with Crippen molar-refractivity contribution in [3.05, 3.63) is 110 Å². The van der Waals surface area contributed by atoms with E-state index in [9.17, 15) is 24.9 Å². The van der Waals surface area contributed by atoms with Gasteiger partial charge in [-0.1, -0.05) is 153 Å². The summed E-state index contributed by atoms with van der Waals surface area (Å²) < 4.78 is 59.6. The number of aliphatic hydroxyl groups excluding tert-OH is 1. The molecule has 0 radical (unpaired) electrons. The van der Waals surface area contributed by atoms with Crippen LogP contribution < -0.4 is 10.6 Å². The molecule has 6 aromatic rings. The van der Waals surface area contributed by atoms with E-state index >= 15 is 0 Å². The molecule has 2 unspecified atom stereocenters. The zero-order valence-electron chi connectivity index (χ0n) is 55.0. The van der Waals surface area contributed by atoms with E-state index in [1.165, 1.54) is 19.0 Å². The molecule has 4 aromatic heterocycles. The lowest BCUT2D eigenvalue weighted by Crippen LogP contribution is -2.67. The van der Waals surface area contributed by atoms with Crippen LogP contribution in [-0.4, -0.2) is 156 Å². The third-order valence-corrected chi connectivity index (χ3v) is 39.0. The SMILES string of the molecule is C=CC[C@]1(O)C(n2cnc3c(NC(=O)c4ccccc4)ncnc32)O[C@@H]2CO[Si](C(C)C)(C(C)C)O[Si](C(C)C)(C(C)C)O[C@H]21.CC(C)[Si]1(C(C)C)OC[C@H]2OC(n3cnc4c(NC(=O)c5ccccc5)ncnc43)[C@@](O)(CCO)[C@@H]2O[Si](C(C)C)(C(C)C)O1. The number of benzene rings is 2. The largest absolute Gasteiger partial charge is 0.414 e. The maximum Gasteiger partial charge on any atom is 0.335 e. The van der Waals surface area contributed by atoms with Crippen LogP contribution >= 0.6 is 0 Å². The molecular weight excluding hydrogens is 1220 g/mol. The molecular formula is C63H94N10O13Si4. The zero-order valence-corrected chi connectivity index (χ0v) is 59.0. The highest BCUT2D eigenvalue weighted by molar-refractivity contribution is 6.84. The van der Waals surface area contributed by atoms with Gasteiger partial charge >= 0.3 is 34.2 Å². The molecule has 4 saturated heterocycles. The molecule has 8 atom stereocenters. The molecule has 2 amide bonds. The van der Waals surface area contributed by atoms with Crippen LogP contribution in [0.5, 0.6) is 0 Å². The number of amides is 2. The number of fused-ring (bicyclic) bond motifs is 4. The molecule has 4 aliphatic heterocycles. The summed E-state index contributed by atoms with van der Waals surface area (Å²) in [6.45, 7) is 38.4. The number of nitrogens with zero attached hydrogens (tertiary/aromatic N) is 8. The minimum atomic E-state index is -3.10. The molecule has 8 heterocycles. The van der Waals surface area contributed by atoms with Crippen LogP contribution in [0.4, 0.5) is 11.6 Å². The van der Waals surface area contributed by atoms with Crippen molar-refractivity contribution in [1.82, 2.24) is 39.0 Å². The van der Waals surface area contributed by atoms with Crippen molar-refractivity contribution in [2.75, 3.05) is 30.5 Å². The standard InChI is InChI=1S/C32H47N5O6Si2.C31H47N5O7Si2/c1-10-16-32(39)27-25(17-40-44(20(2)3,21(4)5)43-45(42-27,22(6)7)23(8)9)41-31(32)37-19-35-26-28(33-18-34-29(26)37)36-30(38)24-14-12-11-13-15-24;1-19(2)44(20(3)4)40-16-24-26(42-45(43-44,21(5)6)22(7)8)31(39,14-15-37)30(41-24)36-18-34-25-27(32-17-33-28(25)36)35-29(38)23-12-10-9-11-13-23/h10-15,18-23,25,27,31,39H,1,16-17H2,2-9H3,(H,33,34,36,38);9-13,17-22,24,26,30,37,39H,14-16H2,1-8H3,(H,32,33,35,38)/t25-,27-,31?,32-;24-,26-,30?,31-/m11/s1. The average Bonchev–Trinajstić information content (AvgIpc) is 1.52. The maximum absolute atomic E-state index is 12.9. The molecule has 0 aliphatic carbocycles. The molecule has 2 aromatic carbocycles. The highest BCUT2D eigenvalue weighted by Gasteiger charge is 2.68. The van der Waals surface area contributed by atoms with E-state index in [2.05, 4.69) is 158 Å². The summed E-state index contributed by atoms with van der Waals surface area (Å²) in [7, 11) is -11.8. The topological polar surface area (TPSA) is 280 Å². The number of carbonyl (C=O) groups is 2. The number of nitrogens with one attached hydrogen (secondary N) is 2. The first kappa shape index (κ1) is 69.0. The van der Waals surface area contributed by atoms with E-state index in [1.807, 2.05) is 12.1 Å². The number of hydrogen-bond acceptors (Lipinski definition) is 19. The third-order valence-electron chi connectivity index (χ3n) is 18.5. The zero-order chi connectivity index (χ0) is 65.5. The summed E-state index contributed by atoms with van der Waals surface area (Å²) in [5.41, 5.74) is 0.0605. The third kappa shape index (κ3) is 12.4. The summed E-state index contributed by atoms with van der Waals surface area (Å²) in [4.78, 5) is 52.5. The number of anilines is 2. The van der Waals surface area contributed by atoms with Gasteiger partial charge in [0.15, 0.2) is 46.4 Å². The van der Waals surface area contributed by atoms with Crippen molar-refractivity contribution in [2.45, 2.75) is 216 Å². The lowest BCUT2D eigenvalue weighted by atomic mass is 9.90. The van der Waals surface area contributed by atoms with E-state index < -0.39 is 82.3 Å². The summed E-state index contributed by atoms with van der Waals surface area (Å²) in [6, 6.07) is 17.7. The molecule has 0 saturated carbocycles. The minimum absolute atomic E-state index is 0.0290. The van der Waals surface area contributed by atoms with Gasteiger partial charge in [0.25, 0.3) is 11.8 Å². The fourth-order valence-corrected chi connectivity index (χ4v) is 36.3. The minimum Gasteiger partial charge on any atom is -0.414 e. The molecule has 4 fully saturated rings. The van der Waals surface area contributed by atoms with E-state index in [4.69, 9.17) is 35.4 Å². The Morgan fingerprint density at radius 1 is 0.556 bits per heavy atom. The average molecular weight is 1310 g/mol. The molecule has 0 spiro atoms. The van der Waals surface area contributed by atoms with Crippen molar-refractivity contribution in [3.8, 4) is 0 Å². The molecule has 90 heavy (non-hydrogen) atoms. The predicted molar refractivity (Wildman–Crippen MR) is 351 cm³/mol. The van der Waals surface area contributed by atoms with Crippen molar-refractivity contribution < 1.29 is 60.3 Å². The molecule has 10 rings (SSSR count). The van der Waals surface area contributed by atoms with E-state index in [0.29, 0.717) is 33.5 Å². The van der Waals surface area contributed by atoms with Crippen LogP contribution in [0.15, 0.2) is 98.6 Å². The van der Waals surface area contributed by atoms with Gasteiger partial charge in [-0.15, -0.1) is 6.58 Å². The Morgan fingerprint density at radius 3 is 1.26 bits per heavy atom. The number of carbonyl (C=O) groups excluding carboxylic acids is 2. The normalized spacial score (nSPS) is 26.3. The van der Waals surface area contributed by atoms with Gasteiger partial charge < -0.3 is 61.4 Å². The van der Waals surface area contributed by atoms with Gasteiger partial charge in [-0.05, 0) is 68.6 Å². The quantitative estimate of drug-likeness (QED) is 0.0395. The van der Waals surface area contributed by atoms with Crippen molar-refractivity contribution in [2.24, 2.45) is 0 Å². The molecule has 0 bridgehead atoms. The fourth-order valence-electron chi connectivity index (χ4n) is 13.8. The van der Waals surface area contributed by atoms with Crippen LogP contribution in [0.3, 0.4) is 0 Å². The Hall–Kier alpha value is -5.35. The predicted octanol–water partition coefficient (Wildman–Crippen LogP) is 11.3. The Balaban J connectivity index is 0.000000213. The van der Waals surface area contributed by atoms with E-state index in [1.54, 1.807) is 70.1 Å². The second kappa shape index (κ2) is 27.3. The molecule has 27 heteroatoms. The second-order valence-electron chi connectivity index (χ2n) is 26.8. The number of aromatic nitrogens is 8. The lowest BCUT2D eigenvalue weighted by Gasteiger charge is -2.52. The lowest BCUT2D eigenvalue weighted by molar-refractivity contribution is -0.116. The highest BCUT2D eigenvalue weighted by Crippen LogP contribution is 2.54. The van der Waals surface area contributed by atoms with Crippen molar-refractivity contribution in [1.29, 1.82) is 0 Å². The van der Waals surface area contributed by atoms with Gasteiger partial charge in [-0.3, -0.25) is 18.7 Å². The smallest absolute Gasteiger partial charge is 0.335 e. The molecule has 490 valence electrons. The van der Waals surface area contributed by atoms with Gasteiger partial charge in [0, 0.05) is 30.6 Å². The van der Waals surface area contributed by atoms with Gasteiger partial charge in [0.1, 0.15) is 48.3 Å². The first-order valence-electron chi connectivity index (χ1n) is 31.7. The Labute approximate surface area is 533 Å². The molecule has 5 N–H and O–H groups in total. The summed E-state index contributed by atoms with van der Waals surface area (Å²) in [5.74, 6) is -0.172. The fraction of sp³-hybridized carbons (Fsp3) is 0.587. The summed E-state index contributed by atoms with van der Waals surface area (Å²) in [6.07, 6.45) is 2.77. The molecule has 23 nitrogen and oxygen atoms in total. The number of aliphatic hydroxyl groups is 3. The Morgan fingerprint density at radius 2 is 0.911 bits per heavy atom. The second-order valence-corrected chi connectivity index (χ2v) is 44.5. The van der Waals surface area contributed by atoms with Gasteiger partial charge in [-0.2, -0.15) is 0 Å². The van der Waals surface area contributed by atoms with Crippen LogP contribution in [0.25, 0.3) is 22.3 Å². The van der Waals surface area contributed by atoms with Gasteiger partial charge in [0.05, 0.1) is 25.9 Å². The van der Waals surface area contributed by atoms with Crippen LogP contribution in [0, 0.1) is 0 Å². The number of hydrogen-bond donors (Lipinski definition) is 5.